The Morgan fingerprint density at radius 1 is 0.906 bits per heavy atom. The number of benzene rings is 2. The Morgan fingerprint density at radius 3 is 2.16 bits per heavy atom. The van der Waals surface area contributed by atoms with Crippen molar-refractivity contribution >= 4 is 28.9 Å². The Bertz CT molecular complexity index is 923. The van der Waals surface area contributed by atoms with Gasteiger partial charge in [-0.05, 0) is 68.3 Å². The van der Waals surface area contributed by atoms with Crippen LogP contribution in [-0.4, -0.2) is 69.2 Å². The smallest absolute Gasteiger partial charge is 0.337 e. The van der Waals surface area contributed by atoms with Crippen molar-refractivity contribution in [3.8, 4) is 0 Å². The predicted octanol–water partition coefficient (Wildman–Crippen LogP) is 3.22. The Labute approximate surface area is 189 Å². The number of carbonyl (C=O) groups excluding carboxylic acids is 2. The Kier molecular flexibility index (Phi) is 6.95. The van der Waals surface area contributed by atoms with E-state index in [-0.39, 0.29) is 17.9 Å². The van der Waals surface area contributed by atoms with Crippen LogP contribution in [0.1, 0.15) is 30.1 Å². The number of esters is 1. The second-order valence-corrected chi connectivity index (χ2v) is 8.59. The number of hydrogen-bond donors (Lipinski definition) is 1. The molecule has 1 N–H and O–H groups in total. The molecule has 7 heteroatoms. The molecule has 7 nitrogen and oxygen atoms in total. The van der Waals surface area contributed by atoms with Gasteiger partial charge < -0.3 is 19.9 Å². The summed E-state index contributed by atoms with van der Waals surface area (Å²) < 4.78 is 4.76. The lowest BCUT2D eigenvalue weighted by Gasteiger charge is -2.40. The summed E-state index contributed by atoms with van der Waals surface area (Å²) in [6, 6.07) is 15.9. The maximum atomic E-state index is 12.6. The number of piperazine rings is 1. The molecule has 0 saturated carbocycles. The Balaban J connectivity index is 1.27. The third kappa shape index (κ3) is 5.22. The standard InChI is InChI=1S/C25H32N4O3/c1-19-17-29(23-9-5-20(6-10-23)25(31)32-2)16-15-28(19)18-24(30)26-21-7-11-22(12-8-21)27-13-3-4-14-27/h5-12,19H,3-4,13-18H2,1-2H3,(H,26,30). The zero-order chi connectivity index (χ0) is 22.5. The zero-order valence-corrected chi connectivity index (χ0v) is 18.9. The van der Waals surface area contributed by atoms with Crippen LogP contribution in [0.3, 0.4) is 0 Å². The minimum Gasteiger partial charge on any atom is -0.465 e. The Hall–Kier alpha value is -3.06. The van der Waals surface area contributed by atoms with E-state index in [1.54, 1.807) is 12.1 Å². The van der Waals surface area contributed by atoms with Crippen molar-refractivity contribution in [1.82, 2.24) is 4.90 Å². The molecule has 2 fully saturated rings. The number of rotatable bonds is 6. The first-order valence-corrected chi connectivity index (χ1v) is 11.4. The zero-order valence-electron chi connectivity index (χ0n) is 18.9. The molecule has 4 rings (SSSR count). The monoisotopic (exact) mass is 436 g/mol. The fraction of sp³-hybridized carbons (Fsp3) is 0.440. The molecule has 0 aliphatic carbocycles. The van der Waals surface area contributed by atoms with Gasteiger partial charge >= 0.3 is 5.97 Å². The minimum atomic E-state index is -0.327. The lowest BCUT2D eigenvalue weighted by molar-refractivity contribution is -0.117. The molecule has 2 saturated heterocycles. The maximum absolute atomic E-state index is 12.6. The third-order valence-electron chi connectivity index (χ3n) is 6.39. The quantitative estimate of drug-likeness (QED) is 0.702. The van der Waals surface area contributed by atoms with Gasteiger partial charge in [0.2, 0.25) is 5.91 Å². The van der Waals surface area contributed by atoms with E-state index >= 15 is 0 Å². The largest absolute Gasteiger partial charge is 0.465 e. The summed E-state index contributed by atoms with van der Waals surface area (Å²) in [5.74, 6) is -0.312. The fourth-order valence-electron chi connectivity index (χ4n) is 4.51. The molecule has 2 aliphatic heterocycles. The maximum Gasteiger partial charge on any atom is 0.337 e. The van der Waals surface area contributed by atoms with Crippen LogP contribution in [0.15, 0.2) is 48.5 Å². The first kappa shape index (κ1) is 22.1. The summed E-state index contributed by atoms with van der Waals surface area (Å²) in [5.41, 5.74) is 3.69. The highest BCUT2D eigenvalue weighted by Gasteiger charge is 2.25. The van der Waals surface area contributed by atoms with Gasteiger partial charge in [-0.2, -0.15) is 0 Å². The number of nitrogens with zero attached hydrogens (tertiary/aromatic N) is 3. The summed E-state index contributed by atoms with van der Waals surface area (Å²) >= 11 is 0. The fourth-order valence-corrected chi connectivity index (χ4v) is 4.51. The lowest BCUT2D eigenvalue weighted by Crippen LogP contribution is -2.53. The van der Waals surface area contributed by atoms with Gasteiger partial charge in [-0.15, -0.1) is 0 Å². The van der Waals surface area contributed by atoms with Crippen LogP contribution in [0.2, 0.25) is 0 Å². The molecule has 0 spiro atoms. The summed E-state index contributed by atoms with van der Waals surface area (Å²) in [6.07, 6.45) is 2.51. The number of nitrogens with one attached hydrogen (secondary N) is 1. The molecule has 1 atom stereocenters. The first-order valence-electron chi connectivity index (χ1n) is 11.4. The van der Waals surface area contributed by atoms with Crippen LogP contribution >= 0.6 is 0 Å². The molecule has 2 heterocycles. The molecule has 32 heavy (non-hydrogen) atoms. The molecule has 2 aromatic carbocycles. The third-order valence-corrected chi connectivity index (χ3v) is 6.39. The van der Waals surface area contributed by atoms with Crippen LogP contribution < -0.4 is 15.1 Å². The van der Waals surface area contributed by atoms with Crippen molar-refractivity contribution in [3.63, 3.8) is 0 Å². The lowest BCUT2D eigenvalue weighted by atomic mass is 10.1. The van der Waals surface area contributed by atoms with Crippen molar-refractivity contribution in [2.75, 3.05) is 61.5 Å². The van der Waals surface area contributed by atoms with Gasteiger partial charge in [-0.1, -0.05) is 0 Å². The van der Waals surface area contributed by atoms with Crippen LogP contribution in [-0.2, 0) is 9.53 Å². The average molecular weight is 437 g/mol. The highest BCUT2D eigenvalue weighted by Crippen LogP contribution is 2.23. The van der Waals surface area contributed by atoms with E-state index in [1.165, 1.54) is 25.6 Å². The van der Waals surface area contributed by atoms with Gasteiger partial charge in [-0.25, -0.2) is 4.79 Å². The molecular weight excluding hydrogens is 404 g/mol. The highest BCUT2D eigenvalue weighted by atomic mass is 16.5. The molecule has 1 amide bonds. The molecule has 170 valence electrons. The van der Waals surface area contributed by atoms with Gasteiger partial charge in [0, 0.05) is 55.8 Å². The first-order chi connectivity index (χ1) is 15.5. The van der Waals surface area contributed by atoms with Crippen LogP contribution in [0.5, 0.6) is 0 Å². The normalized spacial score (nSPS) is 19.1. The average Bonchev–Trinajstić information content (AvgIpc) is 3.35. The topological polar surface area (TPSA) is 65.1 Å². The molecular formula is C25H32N4O3. The van der Waals surface area contributed by atoms with Gasteiger partial charge in [0.05, 0.1) is 19.2 Å². The van der Waals surface area contributed by atoms with E-state index in [0.29, 0.717) is 12.1 Å². The van der Waals surface area contributed by atoms with Gasteiger partial charge in [0.15, 0.2) is 0 Å². The van der Waals surface area contributed by atoms with Crippen molar-refractivity contribution in [3.05, 3.63) is 54.1 Å². The summed E-state index contributed by atoms with van der Waals surface area (Å²) in [5, 5.41) is 3.04. The number of hydrogen-bond acceptors (Lipinski definition) is 6. The van der Waals surface area contributed by atoms with Crippen molar-refractivity contribution in [2.45, 2.75) is 25.8 Å². The van der Waals surface area contributed by atoms with E-state index in [9.17, 15) is 9.59 Å². The molecule has 1 unspecified atom stereocenters. The van der Waals surface area contributed by atoms with E-state index in [0.717, 1.165) is 44.1 Å². The van der Waals surface area contributed by atoms with E-state index < -0.39 is 0 Å². The van der Waals surface area contributed by atoms with Gasteiger partial charge in [0.1, 0.15) is 0 Å². The summed E-state index contributed by atoms with van der Waals surface area (Å²) in [4.78, 5) is 31.1. The number of methoxy groups -OCH3 is 1. The van der Waals surface area contributed by atoms with E-state index in [2.05, 4.69) is 39.1 Å². The molecule has 0 bridgehead atoms. The highest BCUT2D eigenvalue weighted by molar-refractivity contribution is 5.92. The van der Waals surface area contributed by atoms with Crippen LogP contribution in [0, 0.1) is 0 Å². The SMILES string of the molecule is COC(=O)c1ccc(N2CCN(CC(=O)Nc3ccc(N4CCCC4)cc3)C(C)C2)cc1. The molecule has 2 aromatic rings. The van der Waals surface area contributed by atoms with Crippen molar-refractivity contribution < 1.29 is 14.3 Å². The van der Waals surface area contributed by atoms with Crippen LogP contribution in [0.4, 0.5) is 17.1 Å². The van der Waals surface area contributed by atoms with Crippen molar-refractivity contribution in [2.24, 2.45) is 0 Å². The summed E-state index contributed by atoms with van der Waals surface area (Å²) in [7, 11) is 1.39. The second-order valence-electron chi connectivity index (χ2n) is 8.59. The number of anilines is 3. The summed E-state index contributed by atoms with van der Waals surface area (Å²) in [6.45, 7) is 7.23. The number of ether oxygens (including phenoxy) is 1. The Morgan fingerprint density at radius 2 is 1.53 bits per heavy atom. The second kappa shape index (κ2) is 10.0. The van der Waals surface area contributed by atoms with Crippen LogP contribution in [0.25, 0.3) is 0 Å². The van der Waals surface area contributed by atoms with E-state index in [1.807, 2.05) is 24.3 Å². The molecule has 0 radical (unpaired) electrons. The van der Waals surface area contributed by atoms with Crippen molar-refractivity contribution in [1.29, 1.82) is 0 Å². The minimum absolute atomic E-state index is 0.0154. The van der Waals surface area contributed by atoms with Gasteiger partial charge in [-0.3, -0.25) is 9.69 Å². The van der Waals surface area contributed by atoms with E-state index in [4.69, 9.17) is 4.74 Å². The molecule has 0 aromatic heterocycles. The van der Waals surface area contributed by atoms with Gasteiger partial charge in [0.25, 0.3) is 0 Å². The molecule has 2 aliphatic rings. The number of carbonyl (C=O) groups is 2. The predicted molar refractivity (Wildman–Crippen MR) is 128 cm³/mol. The number of amides is 1.